The molecule has 32 heavy (non-hydrogen) atoms. The second kappa shape index (κ2) is 10.1. The van der Waals surface area contributed by atoms with Crippen molar-refractivity contribution in [3.05, 3.63) is 47.7 Å². The van der Waals surface area contributed by atoms with Gasteiger partial charge in [0.1, 0.15) is 6.54 Å². The summed E-state index contributed by atoms with van der Waals surface area (Å²) < 4.78 is 5.66. The Morgan fingerprint density at radius 2 is 2.06 bits per heavy atom. The van der Waals surface area contributed by atoms with Gasteiger partial charge in [-0.25, -0.2) is 4.98 Å². The summed E-state index contributed by atoms with van der Waals surface area (Å²) in [5.41, 5.74) is 7.67. The zero-order valence-corrected chi connectivity index (χ0v) is 18.3. The number of likely N-dealkylation sites (N-methyl/N-ethyl adjacent to an activating group) is 1. The number of ether oxygens (including phenoxy) is 1. The molecule has 9 heteroatoms. The average Bonchev–Trinajstić information content (AvgIpc) is 2.85. The third-order valence-electron chi connectivity index (χ3n) is 5.51. The number of benzene rings is 1. The molecule has 1 aliphatic heterocycles. The van der Waals surface area contributed by atoms with Gasteiger partial charge < -0.3 is 25.4 Å². The molecule has 0 aliphatic carbocycles. The Kier molecular flexibility index (Phi) is 7.29. The summed E-state index contributed by atoms with van der Waals surface area (Å²) in [6, 6.07) is 8.43. The van der Waals surface area contributed by atoms with Crippen molar-refractivity contribution in [3.63, 3.8) is 0 Å². The summed E-state index contributed by atoms with van der Waals surface area (Å²) in [4.78, 5) is 43.6. The van der Waals surface area contributed by atoms with E-state index in [1.54, 1.807) is 44.4 Å². The summed E-state index contributed by atoms with van der Waals surface area (Å²) in [6.45, 7) is 1.99. The Morgan fingerprint density at radius 3 is 2.78 bits per heavy atom. The number of fused-ring (bicyclic) bond motifs is 1. The van der Waals surface area contributed by atoms with E-state index in [0.29, 0.717) is 29.4 Å². The molecule has 0 saturated heterocycles. The molecular formula is C23H28N4O5. The Balaban J connectivity index is 1.67. The van der Waals surface area contributed by atoms with Gasteiger partial charge in [-0.2, -0.15) is 0 Å². The molecule has 0 radical (unpaired) electrons. The van der Waals surface area contributed by atoms with Gasteiger partial charge in [0.15, 0.2) is 11.6 Å². The Bertz CT molecular complexity index is 1010. The van der Waals surface area contributed by atoms with E-state index in [2.05, 4.69) is 4.98 Å². The maximum absolute atomic E-state index is 13.2. The summed E-state index contributed by atoms with van der Waals surface area (Å²) in [6.07, 6.45) is 3.74. The van der Waals surface area contributed by atoms with Crippen molar-refractivity contribution in [1.29, 1.82) is 0 Å². The van der Waals surface area contributed by atoms with Gasteiger partial charge in [-0.1, -0.05) is 6.07 Å². The molecule has 0 spiro atoms. The van der Waals surface area contributed by atoms with Crippen molar-refractivity contribution in [2.24, 2.45) is 0 Å². The largest absolute Gasteiger partial charge is 0.490 e. The molecule has 3 N–H and O–H groups in total. The minimum atomic E-state index is -1.01. The van der Waals surface area contributed by atoms with Gasteiger partial charge >= 0.3 is 5.97 Å². The summed E-state index contributed by atoms with van der Waals surface area (Å²) in [5.74, 6) is -0.680. The topological polar surface area (TPSA) is 126 Å². The fraction of sp³-hybridized carbons (Fsp3) is 0.391. The molecule has 170 valence electrons. The van der Waals surface area contributed by atoms with Crippen LogP contribution in [0.15, 0.2) is 36.5 Å². The van der Waals surface area contributed by atoms with Gasteiger partial charge in [0.2, 0.25) is 5.91 Å². The lowest BCUT2D eigenvalue weighted by molar-refractivity contribution is -0.138. The van der Waals surface area contributed by atoms with E-state index in [1.807, 2.05) is 6.07 Å². The molecule has 2 heterocycles. The Morgan fingerprint density at radius 1 is 1.28 bits per heavy atom. The van der Waals surface area contributed by atoms with Crippen LogP contribution in [-0.2, 0) is 16.0 Å². The SMILES string of the molecule is CC(CC(=O)O)N1CC(=O)N(C)c2ccc(CCCCOc3cccnc3N)cc2C1=O. The first kappa shape index (κ1) is 23.1. The first-order chi connectivity index (χ1) is 15.3. The van der Waals surface area contributed by atoms with Gasteiger partial charge in [-0.05, 0) is 56.0 Å². The fourth-order valence-electron chi connectivity index (χ4n) is 3.67. The molecule has 0 fully saturated rings. The van der Waals surface area contributed by atoms with Gasteiger partial charge in [0.25, 0.3) is 5.91 Å². The molecule has 3 rings (SSSR count). The minimum absolute atomic E-state index is 0.150. The summed E-state index contributed by atoms with van der Waals surface area (Å²) >= 11 is 0. The third-order valence-corrected chi connectivity index (χ3v) is 5.51. The number of amides is 2. The van der Waals surface area contributed by atoms with Crippen molar-refractivity contribution in [2.75, 3.05) is 30.8 Å². The number of carboxylic acid groups (broad SMARTS) is 1. The molecule has 1 aliphatic rings. The molecule has 1 aromatic heterocycles. The predicted molar refractivity (Wildman–Crippen MR) is 120 cm³/mol. The lowest BCUT2D eigenvalue weighted by atomic mass is 10.0. The van der Waals surface area contributed by atoms with Crippen LogP contribution in [0.1, 0.15) is 42.1 Å². The van der Waals surface area contributed by atoms with Crippen LogP contribution >= 0.6 is 0 Å². The molecule has 1 aromatic carbocycles. The molecule has 0 bridgehead atoms. The van der Waals surface area contributed by atoms with Crippen LogP contribution < -0.4 is 15.4 Å². The number of hydrogen-bond donors (Lipinski definition) is 2. The van der Waals surface area contributed by atoms with Gasteiger partial charge in [-0.15, -0.1) is 0 Å². The van der Waals surface area contributed by atoms with Crippen LogP contribution in [0.3, 0.4) is 0 Å². The maximum atomic E-state index is 13.2. The summed E-state index contributed by atoms with van der Waals surface area (Å²) in [5, 5.41) is 9.10. The lowest BCUT2D eigenvalue weighted by Gasteiger charge is -2.26. The minimum Gasteiger partial charge on any atom is -0.490 e. The van der Waals surface area contributed by atoms with E-state index in [-0.39, 0.29) is 24.8 Å². The number of nitrogens with two attached hydrogens (primary N) is 1. The molecular weight excluding hydrogens is 412 g/mol. The third kappa shape index (κ3) is 5.35. The van der Waals surface area contributed by atoms with Crippen molar-refractivity contribution in [1.82, 2.24) is 9.88 Å². The van der Waals surface area contributed by atoms with E-state index in [1.165, 1.54) is 9.80 Å². The van der Waals surface area contributed by atoms with Crippen molar-refractivity contribution < 1.29 is 24.2 Å². The number of rotatable bonds is 9. The number of anilines is 2. The van der Waals surface area contributed by atoms with Crippen LogP contribution in [0.5, 0.6) is 5.75 Å². The standard InChI is InChI=1S/C23H28N4O5/c1-15(12-21(29)30)27-14-20(28)26(2)18-9-8-16(13-17(18)23(27)31)6-3-4-11-32-19-7-5-10-25-22(19)24/h5,7-10,13,15H,3-4,6,11-12,14H2,1-2H3,(H2,24,25)(H,29,30). The molecule has 1 unspecified atom stereocenters. The zero-order valence-electron chi connectivity index (χ0n) is 18.3. The number of nitrogens with zero attached hydrogens (tertiary/aromatic N) is 3. The second-order valence-corrected chi connectivity index (χ2v) is 7.88. The van der Waals surface area contributed by atoms with Gasteiger partial charge in [0.05, 0.1) is 24.3 Å². The van der Waals surface area contributed by atoms with Crippen molar-refractivity contribution in [2.45, 2.75) is 38.6 Å². The zero-order chi connectivity index (χ0) is 23.3. The Labute approximate surface area is 186 Å². The number of nitrogen functional groups attached to an aromatic ring is 1. The highest BCUT2D eigenvalue weighted by molar-refractivity contribution is 6.09. The number of unbranched alkanes of at least 4 members (excludes halogenated alkanes) is 1. The second-order valence-electron chi connectivity index (χ2n) is 7.88. The van der Waals surface area contributed by atoms with Crippen LogP contribution in [0.4, 0.5) is 11.5 Å². The first-order valence-corrected chi connectivity index (χ1v) is 10.5. The predicted octanol–water partition coefficient (Wildman–Crippen LogP) is 2.35. The smallest absolute Gasteiger partial charge is 0.305 e. The van der Waals surface area contributed by atoms with Crippen LogP contribution in [0.2, 0.25) is 0 Å². The Hall–Kier alpha value is -3.62. The number of aliphatic carboxylic acids is 1. The lowest BCUT2D eigenvalue weighted by Crippen LogP contribution is -2.43. The van der Waals surface area contributed by atoms with Gasteiger partial charge in [0, 0.05) is 19.3 Å². The van der Waals surface area contributed by atoms with E-state index in [0.717, 1.165) is 24.8 Å². The van der Waals surface area contributed by atoms with E-state index >= 15 is 0 Å². The highest BCUT2D eigenvalue weighted by Crippen LogP contribution is 2.28. The number of carbonyl (C=O) groups excluding carboxylic acids is 2. The number of aryl methyl sites for hydroxylation is 1. The summed E-state index contributed by atoms with van der Waals surface area (Å²) in [7, 11) is 1.63. The highest BCUT2D eigenvalue weighted by atomic mass is 16.5. The number of pyridine rings is 1. The van der Waals surface area contributed by atoms with E-state index in [9.17, 15) is 14.4 Å². The van der Waals surface area contributed by atoms with Crippen molar-refractivity contribution >= 4 is 29.3 Å². The number of hydrogen-bond acceptors (Lipinski definition) is 6. The molecule has 9 nitrogen and oxygen atoms in total. The van der Waals surface area contributed by atoms with Crippen LogP contribution in [0.25, 0.3) is 0 Å². The number of aromatic nitrogens is 1. The first-order valence-electron chi connectivity index (χ1n) is 10.5. The van der Waals surface area contributed by atoms with Crippen LogP contribution in [0, 0.1) is 0 Å². The average molecular weight is 441 g/mol. The maximum Gasteiger partial charge on any atom is 0.305 e. The quantitative estimate of drug-likeness (QED) is 0.573. The van der Waals surface area contributed by atoms with Crippen molar-refractivity contribution in [3.8, 4) is 5.75 Å². The molecule has 0 saturated carbocycles. The van der Waals surface area contributed by atoms with E-state index < -0.39 is 12.0 Å². The monoisotopic (exact) mass is 440 g/mol. The number of carboxylic acids is 1. The fourth-order valence-corrected chi connectivity index (χ4v) is 3.67. The van der Waals surface area contributed by atoms with E-state index in [4.69, 9.17) is 15.6 Å². The van der Waals surface area contributed by atoms with Gasteiger partial charge in [-0.3, -0.25) is 14.4 Å². The number of carbonyl (C=O) groups is 3. The normalized spacial score (nSPS) is 14.7. The molecule has 1 atom stereocenters. The highest BCUT2D eigenvalue weighted by Gasteiger charge is 2.33. The molecule has 2 amide bonds. The van der Waals surface area contributed by atoms with Crippen LogP contribution in [-0.4, -0.2) is 59.0 Å². The molecule has 2 aromatic rings.